The number of nitrogen functional groups attached to an aromatic ring is 2. The fourth-order valence-corrected chi connectivity index (χ4v) is 3.92. The van der Waals surface area contributed by atoms with E-state index in [4.69, 9.17) is 20.9 Å². The van der Waals surface area contributed by atoms with Crippen LogP contribution in [0.15, 0.2) is 72.8 Å². The molecule has 162 valence electrons. The lowest BCUT2D eigenvalue weighted by Crippen LogP contribution is -1.97. The van der Waals surface area contributed by atoms with Crippen molar-refractivity contribution in [1.82, 2.24) is 0 Å². The van der Waals surface area contributed by atoms with Crippen LogP contribution in [0.25, 0.3) is 11.1 Å². The van der Waals surface area contributed by atoms with E-state index >= 15 is 0 Å². The summed E-state index contributed by atoms with van der Waals surface area (Å²) >= 11 is 0. The first-order valence-corrected chi connectivity index (χ1v) is 10.6. The van der Waals surface area contributed by atoms with Crippen molar-refractivity contribution in [3.05, 3.63) is 95.1 Å². The summed E-state index contributed by atoms with van der Waals surface area (Å²) in [6, 6.07) is 23.7. The Bertz CT molecular complexity index is 1150. The molecule has 0 bridgehead atoms. The van der Waals surface area contributed by atoms with E-state index in [2.05, 4.69) is 52.0 Å². The highest BCUT2D eigenvalue weighted by atomic mass is 16.5. The zero-order valence-electron chi connectivity index (χ0n) is 18.9. The number of hydrogen-bond donors (Lipinski definition) is 2. The van der Waals surface area contributed by atoms with E-state index in [0.717, 1.165) is 44.9 Å². The Kier molecular flexibility index (Phi) is 5.78. The molecule has 0 heterocycles. The normalized spacial score (nSPS) is 10.8. The number of rotatable bonds is 5. The van der Waals surface area contributed by atoms with Crippen LogP contribution in [0.1, 0.15) is 22.3 Å². The molecule has 4 aromatic rings. The van der Waals surface area contributed by atoms with E-state index in [1.54, 1.807) is 0 Å². The first kappa shape index (κ1) is 21.3. The number of benzene rings is 4. The monoisotopic (exact) mass is 424 g/mol. The first-order chi connectivity index (χ1) is 15.3. The Morgan fingerprint density at radius 1 is 0.500 bits per heavy atom. The highest BCUT2D eigenvalue weighted by molar-refractivity contribution is 5.71. The third kappa shape index (κ3) is 4.26. The zero-order valence-corrected chi connectivity index (χ0v) is 18.9. The van der Waals surface area contributed by atoms with E-state index < -0.39 is 0 Å². The highest BCUT2D eigenvalue weighted by Crippen LogP contribution is 2.38. The first-order valence-electron chi connectivity index (χ1n) is 10.6. The smallest absolute Gasteiger partial charge is 0.150 e. The van der Waals surface area contributed by atoms with Crippen LogP contribution < -0.4 is 20.9 Å². The van der Waals surface area contributed by atoms with Crippen molar-refractivity contribution in [3.63, 3.8) is 0 Å². The molecule has 4 N–H and O–H groups in total. The van der Waals surface area contributed by atoms with Crippen LogP contribution in [0.2, 0.25) is 0 Å². The molecule has 0 spiro atoms. The Labute approximate surface area is 189 Å². The van der Waals surface area contributed by atoms with Gasteiger partial charge in [-0.2, -0.15) is 0 Å². The second-order valence-electron chi connectivity index (χ2n) is 8.16. The van der Waals surface area contributed by atoms with Crippen LogP contribution in [-0.4, -0.2) is 0 Å². The van der Waals surface area contributed by atoms with Crippen molar-refractivity contribution < 1.29 is 9.47 Å². The van der Waals surface area contributed by atoms with Gasteiger partial charge in [0.15, 0.2) is 0 Å². The van der Waals surface area contributed by atoms with Gasteiger partial charge >= 0.3 is 0 Å². The van der Waals surface area contributed by atoms with Crippen LogP contribution in [0, 0.1) is 27.7 Å². The molecule has 4 aromatic carbocycles. The average Bonchev–Trinajstić information content (AvgIpc) is 2.75. The Balaban J connectivity index is 1.67. The molecule has 0 aromatic heterocycles. The summed E-state index contributed by atoms with van der Waals surface area (Å²) in [4.78, 5) is 0. The van der Waals surface area contributed by atoms with Crippen LogP contribution in [0.4, 0.5) is 11.4 Å². The molecule has 0 atom stereocenters. The molecule has 0 aliphatic heterocycles. The van der Waals surface area contributed by atoms with E-state index in [1.165, 1.54) is 0 Å². The topological polar surface area (TPSA) is 70.5 Å². The number of hydrogen-bond acceptors (Lipinski definition) is 4. The molecule has 0 radical (unpaired) electrons. The molecule has 4 nitrogen and oxygen atoms in total. The van der Waals surface area contributed by atoms with Crippen LogP contribution in [-0.2, 0) is 0 Å². The lowest BCUT2D eigenvalue weighted by Gasteiger charge is -2.17. The molecule has 0 unspecified atom stereocenters. The second kappa shape index (κ2) is 8.67. The second-order valence-corrected chi connectivity index (χ2v) is 8.16. The number of ether oxygens (including phenoxy) is 2. The lowest BCUT2D eigenvalue weighted by molar-refractivity contribution is 0.477. The molecule has 0 aliphatic carbocycles. The van der Waals surface area contributed by atoms with Crippen molar-refractivity contribution in [1.29, 1.82) is 0 Å². The van der Waals surface area contributed by atoms with E-state index in [1.807, 2.05) is 48.5 Å². The van der Waals surface area contributed by atoms with Crippen molar-refractivity contribution in [2.45, 2.75) is 27.7 Å². The van der Waals surface area contributed by atoms with Gasteiger partial charge in [-0.1, -0.05) is 24.3 Å². The van der Waals surface area contributed by atoms with Crippen LogP contribution in [0.5, 0.6) is 23.0 Å². The van der Waals surface area contributed by atoms with Crippen molar-refractivity contribution >= 4 is 11.4 Å². The molecule has 0 saturated heterocycles. The molecular weight excluding hydrogens is 396 g/mol. The molecule has 4 heteroatoms. The predicted octanol–water partition coefficient (Wildman–Crippen LogP) is 7.34. The van der Waals surface area contributed by atoms with Gasteiger partial charge in [-0.15, -0.1) is 0 Å². The summed E-state index contributed by atoms with van der Waals surface area (Å²) in [5, 5.41) is 0. The van der Waals surface area contributed by atoms with Crippen molar-refractivity contribution in [2.75, 3.05) is 11.5 Å². The number of anilines is 2. The number of nitrogens with two attached hydrogens (primary N) is 2. The molecule has 0 amide bonds. The molecule has 0 saturated carbocycles. The van der Waals surface area contributed by atoms with Gasteiger partial charge < -0.3 is 20.9 Å². The third-order valence-corrected chi connectivity index (χ3v) is 5.52. The zero-order chi connectivity index (χ0) is 22.8. The maximum atomic E-state index is 6.15. The standard InChI is InChI=1S/C28H28N2O2/c1-17-13-21(14-18(2)27(17)31-25-11-7-5-9-23(25)29)22-15-19(3)28(20(4)16-22)32-26-12-8-6-10-24(26)30/h5-16H,29-30H2,1-4H3. The van der Waals surface area contributed by atoms with Gasteiger partial charge in [-0.3, -0.25) is 0 Å². The summed E-state index contributed by atoms with van der Waals surface area (Å²) in [5.41, 5.74) is 19.8. The summed E-state index contributed by atoms with van der Waals surface area (Å²) in [6.45, 7) is 8.22. The van der Waals surface area contributed by atoms with Crippen molar-refractivity contribution in [3.8, 4) is 34.1 Å². The highest BCUT2D eigenvalue weighted by Gasteiger charge is 2.14. The molecule has 4 rings (SSSR count). The lowest BCUT2D eigenvalue weighted by atomic mass is 9.96. The van der Waals surface area contributed by atoms with Gasteiger partial charge in [0, 0.05) is 0 Å². The van der Waals surface area contributed by atoms with Crippen molar-refractivity contribution in [2.24, 2.45) is 0 Å². The Morgan fingerprint density at radius 3 is 1.12 bits per heavy atom. The van der Waals surface area contributed by atoms with E-state index in [-0.39, 0.29) is 0 Å². The van der Waals surface area contributed by atoms with Gasteiger partial charge in [0.05, 0.1) is 11.4 Å². The van der Waals surface area contributed by atoms with Gasteiger partial charge in [0.2, 0.25) is 0 Å². The Hall–Kier alpha value is -3.92. The number of para-hydroxylation sites is 4. The summed E-state index contributed by atoms with van der Waals surface area (Å²) < 4.78 is 12.3. The molecule has 0 fully saturated rings. The van der Waals surface area contributed by atoms with Gasteiger partial charge in [0.1, 0.15) is 23.0 Å². The SMILES string of the molecule is Cc1cc(-c2cc(C)c(Oc3ccccc3N)c(C)c2)cc(C)c1Oc1ccccc1N. The summed E-state index contributed by atoms with van der Waals surface area (Å²) in [7, 11) is 0. The molecule has 32 heavy (non-hydrogen) atoms. The van der Waals surface area contributed by atoms with E-state index in [9.17, 15) is 0 Å². The third-order valence-electron chi connectivity index (χ3n) is 5.52. The van der Waals surface area contributed by atoms with Gasteiger partial charge in [0.25, 0.3) is 0 Å². The minimum Gasteiger partial charge on any atom is -0.455 e. The predicted molar refractivity (Wildman–Crippen MR) is 133 cm³/mol. The maximum Gasteiger partial charge on any atom is 0.150 e. The fraction of sp³-hybridized carbons (Fsp3) is 0.143. The fourth-order valence-electron chi connectivity index (χ4n) is 3.92. The number of aryl methyl sites for hydroxylation is 4. The molecular formula is C28H28N2O2. The average molecular weight is 425 g/mol. The van der Waals surface area contributed by atoms with Gasteiger partial charge in [-0.05, 0) is 110 Å². The minimum absolute atomic E-state index is 0.622. The maximum absolute atomic E-state index is 6.15. The van der Waals surface area contributed by atoms with E-state index in [0.29, 0.717) is 22.9 Å². The minimum atomic E-state index is 0.622. The van der Waals surface area contributed by atoms with Crippen LogP contribution >= 0.6 is 0 Å². The quantitative estimate of drug-likeness (QED) is 0.329. The summed E-state index contributed by atoms with van der Waals surface area (Å²) in [5.74, 6) is 3.00. The molecule has 0 aliphatic rings. The summed E-state index contributed by atoms with van der Waals surface area (Å²) in [6.07, 6.45) is 0. The largest absolute Gasteiger partial charge is 0.455 e. The Morgan fingerprint density at radius 2 is 0.812 bits per heavy atom. The van der Waals surface area contributed by atoms with Crippen LogP contribution in [0.3, 0.4) is 0 Å². The van der Waals surface area contributed by atoms with Gasteiger partial charge in [-0.25, -0.2) is 0 Å².